The van der Waals surface area contributed by atoms with Gasteiger partial charge in [0.05, 0.1) is 11.6 Å². The fraction of sp³-hybridized carbons (Fsp3) is 0.444. The molecule has 2 rings (SSSR count). The van der Waals surface area contributed by atoms with E-state index in [1.807, 2.05) is 25.5 Å². The van der Waals surface area contributed by atoms with Crippen LogP contribution >= 0.6 is 0 Å². The Morgan fingerprint density at radius 3 is 2.58 bits per heavy atom. The molecule has 1 heterocycles. The third kappa shape index (κ3) is 4.77. The molecule has 0 aliphatic heterocycles. The predicted molar refractivity (Wildman–Crippen MR) is 92.2 cm³/mol. The molecule has 8 heteroatoms. The van der Waals surface area contributed by atoms with E-state index in [1.54, 1.807) is 25.5 Å². The molecule has 0 unspecified atom stereocenters. The summed E-state index contributed by atoms with van der Waals surface area (Å²) in [6, 6.07) is 4.31. The van der Waals surface area contributed by atoms with Crippen molar-refractivity contribution in [3.63, 3.8) is 0 Å². The lowest BCUT2D eigenvalue weighted by Crippen LogP contribution is -2.41. The first-order valence-electron chi connectivity index (χ1n) is 8.24. The second-order valence-corrected chi connectivity index (χ2v) is 6.62. The van der Waals surface area contributed by atoms with E-state index in [9.17, 15) is 18.0 Å². The van der Waals surface area contributed by atoms with Gasteiger partial charge in [-0.15, -0.1) is 0 Å². The van der Waals surface area contributed by atoms with Gasteiger partial charge >= 0.3 is 12.2 Å². The number of rotatable bonds is 5. The Morgan fingerprint density at radius 2 is 2.04 bits per heavy atom. The third-order valence-electron chi connectivity index (χ3n) is 4.10. The maximum atomic E-state index is 12.8. The van der Waals surface area contributed by atoms with Crippen molar-refractivity contribution in [1.29, 1.82) is 0 Å². The van der Waals surface area contributed by atoms with E-state index >= 15 is 0 Å². The van der Waals surface area contributed by atoms with Gasteiger partial charge in [0.1, 0.15) is 5.82 Å². The monoisotopic (exact) mass is 368 g/mol. The van der Waals surface area contributed by atoms with Gasteiger partial charge < -0.3 is 14.8 Å². The molecule has 0 saturated heterocycles. The second kappa shape index (κ2) is 7.80. The SMILES string of the molecule is CC(C)[C@H](NC(=O)N(C)Cc1cccc(C(F)(F)F)c1)c1nccn1C. The average molecular weight is 368 g/mol. The molecule has 0 fully saturated rings. The summed E-state index contributed by atoms with van der Waals surface area (Å²) in [7, 11) is 3.39. The van der Waals surface area contributed by atoms with E-state index < -0.39 is 11.7 Å². The van der Waals surface area contributed by atoms with Gasteiger partial charge in [-0.2, -0.15) is 13.2 Å². The van der Waals surface area contributed by atoms with Crippen LogP contribution in [0.2, 0.25) is 0 Å². The number of carbonyl (C=O) groups excluding carboxylic acids is 1. The van der Waals surface area contributed by atoms with Crippen LogP contribution in [-0.4, -0.2) is 27.5 Å². The number of aryl methyl sites for hydroxylation is 1. The maximum absolute atomic E-state index is 12.8. The van der Waals surface area contributed by atoms with Crippen LogP contribution in [-0.2, 0) is 19.8 Å². The van der Waals surface area contributed by atoms with Gasteiger partial charge in [-0.1, -0.05) is 26.0 Å². The van der Waals surface area contributed by atoms with E-state index in [2.05, 4.69) is 10.3 Å². The summed E-state index contributed by atoms with van der Waals surface area (Å²) in [5.41, 5.74) is -0.313. The van der Waals surface area contributed by atoms with Crippen molar-refractivity contribution in [2.75, 3.05) is 7.05 Å². The Balaban J connectivity index is 2.08. The molecule has 1 aromatic carbocycles. The lowest BCUT2D eigenvalue weighted by molar-refractivity contribution is -0.137. The smallest absolute Gasteiger partial charge is 0.336 e. The van der Waals surface area contributed by atoms with Crippen LogP contribution in [0, 0.1) is 5.92 Å². The molecule has 5 nitrogen and oxygen atoms in total. The molecule has 0 radical (unpaired) electrons. The average Bonchev–Trinajstić information content (AvgIpc) is 2.97. The van der Waals surface area contributed by atoms with Crippen LogP contribution in [0.3, 0.4) is 0 Å². The summed E-state index contributed by atoms with van der Waals surface area (Å²) in [6.45, 7) is 4.00. The van der Waals surface area contributed by atoms with Crippen LogP contribution in [0.5, 0.6) is 0 Å². The predicted octanol–water partition coefficient (Wildman–Crippen LogP) is 3.98. The fourth-order valence-electron chi connectivity index (χ4n) is 2.64. The largest absolute Gasteiger partial charge is 0.416 e. The van der Waals surface area contributed by atoms with Crippen LogP contribution in [0.1, 0.15) is 36.8 Å². The van der Waals surface area contributed by atoms with E-state index in [-0.39, 0.29) is 24.5 Å². The molecule has 0 spiro atoms. The summed E-state index contributed by atoms with van der Waals surface area (Å²) < 4.78 is 40.3. The Morgan fingerprint density at radius 1 is 1.35 bits per heavy atom. The zero-order valence-electron chi connectivity index (χ0n) is 15.2. The van der Waals surface area contributed by atoms with Crippen LogP contribution < -0.4 is 5.32 Å². The van der Waals surface area contributed by atoms with Crippen LogP contribution in [0.15, 0.2) is 36.7 Å². The van der Waals surface area contributed by atoms with Crippen molar-refractivity contribution >= 4 is 6.03 Å². The summed E-state index contributed by atoms with van der Waals surface area (Å²) in [5.74, 6) is 0.822. The summed E-state index contributed by atoms with van der Waals surface area (Å²) in [4.78, 5) is 18.1. The number of imidazole rings is 1. The summed E-state index contributed by atoms with van der Waals surface area (Å²) in [5, 5.41) is 2.91. The Hall–Kier alpha value is -2.51. The highest BCUT2D eigenvalue weighted by atomic mass is 19.4. The summed E-state index contributed by atoms with van der Waals surface area (Å²) >= 11 is 0. The van der Waals surface area contributed by atoms with Gasteiger partial charge in [-0.05, 0) is 23.6 Å². The molecule has 1 atom stereocenters. The highest BCUT2D eigenvalue weighted by molar-refractivity contribution is 5.74. The minimum Gasteiger partial charge on any atom is -0.336 e. The van der Waals surface area contributed by atoms with Crippen molar-refractivity contribution in [2.24, 2.45) is 13.0 Å². The van der Waals surface area contributed by atoms with E-state index in [0.29, 0.717) is 5.56 Å². The normalized spacial score (nSPS) is 12.9. The highest BCUT2D eigenvalue weighted by Gasteiger charge is 2.30. The van der Waals surface area contributed by atoms with Crippen molar-refractivity contribution in [3.8, 4) is 0 Å². The zero-order valence-corrected chi connectivity index (χ0v) is 15.2. The molecule has 0 aliphatic carbocycles. The number of aromatic nitrogens is 2. The molecule has 26 heavy (non-hydrogen) atoms. The molecule has 1 N–H and O–H groups in total. The minimum atomic E-state index is -4.40. The molecule has 2 amide bonds. The van der Waals surface area contributed by atoms with E-state index in [1.165, 1.54) is 11.0 Å². The number of halogens is 3. The Labute approximate surface area is 150 Å². The lowest BCUT2D eigenvalue weighted by Gasteiger charge is -2.26. The van der Waals surface area contributed by atoms with Gasteiger partial charge in [0, 0.05) is 33.0 Å². The topological polar surface area (TPSA) is 50.2 Å². The molecule has 0 bridgehead atoms. The molecule has 0 saturated carbocycles. The number of carbonyl (C=O) groups is 1. The van der Waals surface area contributed by atoms with Gasteiger partial charge in [-0.3, -0.25) is 0 Å². The maximum Gasteiger partial charge on any atom is 0.416 e. The lowest BCUT2D eigenvalue weighted by atomic mass is 10.0. The van der Waals surface area contributed by atoms with Gasteiger partial charge in [0.25, 0.3) is 0 Å². The zero-order chi connectivity index (χ0) is 19.5. The third-order valence-corrected chi connectivity index (χ3v) is 4.10. The van der Waals surface area contributed by atoms with Gasteiger partial charge in [0.2, 0.25) is 0 Å². The number of urea groups is 1. The standard InChI is InChI=1S/C18H23F3N4O/c1-12(2)15(16-22-8-9-24(16)3)23-17(26)25(4)11-13-6-5-7-14(10-13)18(19,20)21/h5-10,12,15H,11H2,1-4H3,(H,23,26)/t15-/m0/s1. The molecule has 0 aliphatic rings. The van der Waals surface area contributed by atoms with Crippen LogP contribution in [0.4, 0.5) is 18.0 Å². The van der Waals surface area contributed by atoms with Gasteiger partial charge in [-0.25, -0.2) is 9.78 Å². The number of amides is 2. The first-order chi connectivity index (χ1) is 12.1. The van der Waals surface area contributed by atoms with Crippen molar-refractivity contribution in [1.82, 2.24) is 19.8 Å². The number of alkyl halides is 3. The van der Waals surface area contributed by atoms with Crippen molar-refractivity contribution in [2.45, 2.75) is 32.6 Å². The van der Waals surface area contributed by atoms with Crippen molar-refractivity contribution < 1.29 is 18.0 Å². The number of hydrogen-bond donors (Lipinski definition) is 1. The summed E-state index contributed by atoms with van der Waals surface area (Å²) in [6.07, 6.45) is -0.954. The molecular formula is C18H23F3N4O. The molecular weight excluding hydrogens is 345 g/mol. The first kappa shape index (κ1) is 19.8. The molecule has 1 aromatic heterocycles. The van der Waals surface area contributed by atoms with Crippen molar-refractivity contribution in [3.05, 3.63) is 53.6 Å². The van der Waals surface area contributed by atoms with Gasteiger partial charge in [0.15, 0.2) is 0 Å². The highest BCUT2D eigenvalue weighted by Crippen LogP contribution is 2.29. The number of nitrogens with zero attached hydrogens (tertiary/aromatic N) is 3. The van der Waals surface area contributed by atoms with E-state index in [0.717, 1.165) is 18.0 Å². The molecule has 142 valence electrons. The quantitative estimate of drug-likeness (QED) is 0.868. The number of hydrogen-bond acceptors (Lipinski definition) is 2. The minimum absolute atomic E-state index is 0.0706. The Bertz CT molecular complexity index is 755. The van der Waals surface area contributed by atoms with E-state index in [4.69, 9.17) is 0 Å². The Kier molecular flexibility index (Phi) is 5.94. The number of nitrogens with one attached hydrogen (secondary N) is 1. The molecule has 2 aromatic rings. The van der Waals surface area contributed by atoms with Crippen LogP contribution in [0.25, 0.3) is 0 Å². The number of benzene rings is 1. The second-order valence-electron chi connectivity index (χ2n) is 6.62. The first-order valence-corrected chi connectivity index (χ1v) is 8.24. The fourth-order valence-corrected chi connectivity index (χ4v) is 2.64.